The number of benzene rings is 2. The van der Waals surface area contributed by atoms with E-state index >= 15 is 0 Å². The summed E-state index contributed by atoms with van der Waals surface area (Å²) in [5.74, 6) is 0.945. The van der Waals surface area contributed by atoms with Gasteiger partial charge in [-0.3, -0.25) is 4.79 Å². The molecule has 2 saturated heterocycles. The standard InChI is InChI=1S/C21H24N2O3/c1-16-4-2-7-19(12-16)26-20-14-23(15-20)21(24)17-5-3-6-18(13-17)22-8-10-25-11-9-22/h2-7,12-13,20H,8-11,14-15H2,1H3. The van der Waals surface area contributed by atoms with Gasteiger partial charge in [0.25, 0.3) is 5.91 Å². The number of morpholine rings is 1. The Morgan fingerprint density at radius 1 is 1.08 bits per heavy atom. The monoisotopic (exact) mass is 352 g/mol. The zero-order valence-corrected chi connectivity index (χ0v) is 15.1. The SMILES string of the molecule is Cc1cccc(OC2CN(C(=O)c3cccc(N4CCOCC4)c3)C2)c1. The first-order valence-corrected chi connectivity index (χ1v) is 9.14. The molecule has 0 N–H and O–H groups in total. The topological polar surface area (TPSA) is 42.0 Å². The summed E-state index contributed by atoms with van der Waals surface area (Å²) in [6.45, 7) is 6.53. The van der Waals surface area contributed by atoms with Gasteiger partial charge < -0.3 is 19.3 Å². The van der Waals surface area contributed by atoms with Crippen LogP contribution in [-0.4, -0.2) is 56.3 Å². The fourth-order valence-electron chi connectivity index (χ4n) is 3.40. The molecule has 0 unspecified atom stereocenters. The van der Waals surface area contributed by atoms with Crippen LogP contribution in [0.5, 0.6) is 5.75 Å². The van der Waals surface area contributed by atoms with Crippen LogP contribution < -0.4 is 9.64 Å². The average molecular weight is 352 g/mol. The Morgan fingerprint density at radius 2 is 1.85 bits per heavy atom. The zero-order chi connectivity index (χ0) is 17.9. The van der Waals surface area contributed by atoms with Crippen molar-refractivity contribution in [1.82, 2.24) is 4.90 Å². The van der Waals surface area contributed by atoms with Gasteiger partial charge in [0, 0.05) is 24.3 Å². The Labute approximate surface area is 154 Å². The molecule has 0 aliphatic carbocycles. The molecule has 0 atom stereocenters. The van der Waals surface area contributed by atoms with E-state index in [4.69, 9.17) is 9.47 Å². The molecule has 0 aromatic heterocycles. The number of nitrogens with zero attached hydrogens (tertiary/aromatic N) is 2. The van der Waals surface area contributed by atoms with Crippen molar-refractivity contribution in [3.63, 3.8) is 0 Å². The second-order valence-electron chi connectivity index (χ2n) is 6.92. The summed E-state index contributed by atoms with van der Waals surface area (Å²) in [6.07, 6.45) is 0.0724. The number of aryl methyl sites for hydroxylation is 1. The summed E-state index contributed by atoms with van der Waals surface area (Å²) < 4.78 is 11.4. The molecular formula is C21H24N2O3. The first kappa shape index (κ1) is 16.9. The highest BCUT2D eigenvalue weighted by Gasteiger charge is 2.33. The van der Waals surface area contributed by atoms with Gasteiger partial charge in [-0.2, -0.15) is 0 Å². The molecule has 2 heterocycles. The first-order valence-electron chi connectivity index (χ1n) is 9.14. The Hall–Kier alpha value is -2.53. The van der Waals surface area contributed by atoms with Crippen LogP contribution in [0.3, 0.4) is 0 Å². The second-order valence-corrected chi connectivity index (χ2v) is 6.92. The summed E-state index contributed by atoms with van der Waals surface area (Å²) in [5.41, 5.74) is 3.00. The van der Waals surface area contributed by atoms with Crippen molar-refractivity contribution < 1.29 is 14.3 Å². The number of rotatable bonds is 4. The highest BCUT2D eigenvalue weighted by atomic mass is 16.5. The van der Waals surface area contributed by atoms with Crippen LogP contribution in [0, 0.1) is 6.92 Å². The Balaban J connectivity index is 1.35. The van der Waals surface area contributed by atoms with E-state index in [1.165, 1.54) is 5.56 Å². The first-order chi connectivity index (χ1) is 12.7. The van der Waals surface area contributed by atoms with Gasteiger partial charge in [0.05, 0.1) is 26.3 Å². The number of carbonyl (C=O) groups excluding carboxylic acids is 1. The van der Waals surface area contributed by atoms with E-state index < -0.39 is 0 Å². The van der Waals surface area contributed by atoms with E-state index in [-0.39, 0.29) is 12.0 Å². The lowest BCUT2D eigenvalue weighted by molar-refractivity contribution is 0.0178. The van der Waals surface area contributed by atoms with Crippen molar-refractivity contribution in [2.75, 3.05) is 44.3 Å². The fraction of sp³-hybridized carbons (Fsp3) is 0.381. The van der Waals surface area contributed by atoms with Gasteiger partial charge in [0.1, 0.15) is 11.9 Å². The van der Waals surface area contributed by atoms with E-state index in [1.807, 2.05) is 54.3 Å². The van der Waals surface area contributed by atoms with Gasteiger partial charge in [-0.1, -0.05) is 18.2 Å². The molecule has 5 heteroatoms. The number of hydrogen-bond donors (Lipinski definition) is 0. The van der Waals surface area contributed by atoms with Crippen LogP contribution >= 0.6 is 0 Å². The van der Waals surface area contributed by atoms with Gasteiger partial charge >= 0.3 is 0 Å². The molecule has 4 rings (SSSR count). The summed E-state index contributed by atoms with van der Waals surface area (Å²) in [5, 5.41) is 0. The van der Waals surface area contributed by atoms with E-state index in [2.05, 4.69) is 11.0 Å². The lowest BCUT2D eigenvalue weighted by Crippen LogP contribution is -2.56. The van der Waals surface area contributed by atoms with Crippen molar-refractivity contribution >= 4 is 11.6 Å². The number of hydrogen-bond acceptors (Lipinski definition) is 4. The van der Waals surface area contributed by atoms with Crippen molar-refractivity contribution in [1.29, 1.82) is 0 Å². The molecule has 2 aliphatic heterocycles. The van der Waals surface area contributed by atoms with Crippen molar-refractivity contribution in [2.24, 2.45) is 0 Å². The largest absolute Gasteiger partial charge is 0.487 e. The average Bonchev–Trinajstić information content (AvgIpc) is 2.65. The normalized spacial score (nSPS) is 17.7. The van der Waals surface area contributed by atoms with E-state index in [0.29, 0.717) is 13.1 Å². The zero-order valence-electron chi connectivity index (χ0n) is 15.1. The maximum Gasteiger partial charge on any atom is 0.254 e. The minimum atomic E-state index is 0.0724. The van der Waals surface area contributed by atoms with Crippen molar-refractivity contribution in [3.8, 4) is 5.75 Å². The quantitative estimate of drug-likeness (QED) is 0.849. The van der Waals surface area contributed by atoms with Crippen LogP contribution in [0.15, 0.2) is 48.5 Å². The van der Waals surface area contributed by atoms with E-state index in [9.17, 15) is 4.79 Å². The van der Waals surface area contributed by atoms with Crippen molar-refractivity contribution in [3.05, 3.63) is 59.7 Å². The molecule has 2 fully saturated rings. The maximum absolute atomic E-state index is 12.7. The highest BCUT2D eigenvalue weighted by Crippen LogP contribution is 2.23. The lowest BCUT2D eigenvalue weighted by Gasteiger charge is -2.39. The summed E-state index contributed by atoms with van der Waals surface area (Å²) in [7, 11) is 0. The highest BCUT2D eigenvalue weighted by molar-refractivity contribution is 5.95. The van der Waals surface area contributed by atoms with Crippen LogP contribution in [0.4, 0.5) is 5.69 Å². The molecule has 26 heavy (non-hydrogen) atoms. The molecule has 1 amide bonds. The van der Waals surface area contributed by atoms with Crippen molar-refractivity contribution in [2.45, 2.75) is 13.0 Å². The molecule has 2 aliphatic rings. The van der Waals surface area contributed by atoms with Crippen LogP contribution in [-0.2, 0) is 4.74 Å². The predicted molar refractivity (Wildman–Crippen MR) is 101 cm³/mol. The van der Waals surface area contributed by atoms with Crippen LogP contribution in [0.2, 0.25) is 0 Å². The Bertz CT molecular complexity index is 780. The minimum absolute atomic E-state index is 0.0724. The summed E-state index contributed by atoms with van der Waals surface area (Å²) in [6, 6.07) is 15.9. The van der Waals surface area contributed by atoms with E-state index in [1.54, 1.807) is 0 Å². The number of carbonyl (C=O) groups is 1. The molecule has 2 aromatic rings. The van der Waals surface area contributed by atoms with Crippen LogP contribution in [0.1, 0.15) is 15.9 Å². The minimum Gasteiger partial charge on any atom is -0.487 e. The number of amides is 1. The van der Waals surface area contributed by atoms with Gasteiger partial charge in [-0.25, -0.2) is 0 Å². The molecule has 5 nitrogen and oxygen atoms in total. The third-order valence-corrected chi connectivity index (χ3v) is 4.90. The fourth-order valence-corrected chi connectivity index (χ4v) is 3.40. The van der Waals surface area contributed by atoms with Gasteiger partial charge in [-0.15, -0.1) is 0 Å². The van der Waals surface area contributed by atoms with Gasteiger partial charge in [-0.05, 0) is 42.8 Å². The van der Waals surface area contributed by atoms with Gasteiger partial charge in [0.15, 0.2) is 0 Å². The molecule has 2 aromatic carbocycles. The summed E-state index contributed by atoms with van der Waals surface area (Å²) >= 11 is 0. The van der Waals surface area contributed by atoms with Crippen LogP contribution in [0.25, 0.3) is 0 Å². The molecule has 136 valence electrons. The third kappa shape index (κ3) is 3.68. The number of anilines is 1. The second kappa shape index (κ2) is 7.38. The number of ether oxygens (including phenoxy) is 2. The van der Waals surface area contributed by atoms with Gasteiger partial charge in [0.2, 0.25) is 0 Å². The third-order valence-electron chi connectivity index (χ3n) is 4.90. The Morgan fingerprint density at radius 3 is 2.62 bits per heavy atom. The maximum atomic E-state index is 12.7. The molecular weight excluding hydrogens is 328 g/mol. The molecule has 0 radical (unpaired) electrons. The molecule has 0 spiro atoms. The summed E-state index contributed by atoms with van der Waals surface area (Å²) in [4.78, 5) is 16.9. The lowest BCUT2D eigenvalue weighted by atomic mass is 10.1. The molecule has 0 saturated carbocycles. The molecule has 0 bridgehead atoms. The van der Waals surface area contributed by atoms with E-state index in [0.717, 1.165) is 43.3 Å². The predicted octanol–water partition coefficient (Wildman–Crippen LogP) is 2.74. The Kier molecular flexibility index (Phi) is 4.80. The smallest absolute Gasteiger partial charge is 0.254 e. The number of likely N-dealkylation sites (tertiary alicyclic amines) is 1.